The van der Waals surface area contributed by atoms with Gasteiger partial charge in [0, 0.05) is 49.4 Å². The molecule has 2 saturated heterocycles. The van der Waals surface area contributed by atoms with Gasteiger partial charge >= 0.3 is 0 Å². The molecule has 0 aliphatic carbocycles. The molecule has 1 atom stereocenters. The summed E-state index contributed by atoms with van der Waals surface area (Å²) in [6, 6.07) is 8.90. The molecule has 0 spiro atoms. The number of likely N-dealkylation sites (tertiary alicyclic amines) is 1. The second kappa shape index (κ2) is 8.69. The number of benzene rings is 1. The third kappa shape index (κ3) is 4.44. The van der Waals surface area contributed by atoms with Crippen LogP contribution >= 0.6 is 0 Å². The minimum absolute atomic E-state index is 0.0892. The molecule has 0 radical (unpaired) electrons. The number of piperidine rings is 1. The van der Waals surface area contributed by atoms with Crippen molar-refractivity contribution >= 4 is 27.4 Å². The van der Waals surface area contributed by atoms with Crippen molar-refractivity contribution in [1.82, 2.24) is 14.9 Å². The van der Waals surface area contributed by atoms with Crippen LogP contribution in [0.25, 0.3) is 0 Å². The van der Waals surface area contributed by atoms with E-state index >= 15 is 0 Å². The Kier molecular flexibility index (Phi) is 6.11. The molecule has 8 nitrogen and oxygen atoms in total. The second-order valence-corrected chi connectivity index (χ2v) is 11.0. The Morgan fingerprint density at radius 3 is 2.69 bits per heavy atom. The summed E-state index contributed by atoms with van der Waals surface area (Å²) in [5.74, 6) is 1.58. The van der Waals surface area contributed by atoms with Crippen molar-refractivity contribution < 1.29 is 13.2 Å². The summed E-state index contributed by atoms with van der Waals surface area (Å²) in [5, 5.41) is 3.08. The molecule has 1 aromatic heterocycles. The highest BCUT2D eigenvalue weighted by Crippen LogP contribution is 2.33. The van der Waals surface area contributed by atoms with E-state index in [9.17, 15) is 13.2 Å². The average molecular weight is 458 g/mol. The van der Waals surface area contributed by atoms with E-state index in [1.165, 1.54) is 4.31 Å². The topological polar surface area (TPSA) is 95.5 Å². The molecule has 172 valence electrons. The standard InChI is InChI=1S/C23H31N5O3S/c1-17-14-20(24-3)26-22(25-17)23(2)10-7-11-27(16-23)21(29)18-8-6-9-19(15-18)28-12-4-5-13-32(28,30)31/h6,8-9,14-15H,4-5,7,10-13,16H2,1-3H3,(H,24,25,26)/t23-/m0/s1. The number of rotatable bonds is 4. The van der Waals surface area contributed by atoms with Crippen LogP contribution in [0.3, 0.4) is 0 Å². The number of nitrogens with zero attached hydrogens (tertiary/aromatic N) is 4. The Labute approximate surface area is 190 Å². The molecule has 4 rings (SSSR count). The van der Waals surface area contributed by atoms with Crippen molar-refractivity contribution in [2.75, 3.05) is 42.1 Å². The minimum atomic E-state index is -3.32. The van der Waals surface area contributed by atoms with Crippen molar-refractivity contribution in [1.29, 1.82) is 0 Å². The SMILES string of the molecule is CNc1cc(C)nc([C@@]2(C)CCCN(C(=O)c3cccc(N4CCCCS4(=O)=O)c3)C2)n1. The molecule has 2 aliphatic heterocycles. The van der Waals surface area contributed by atoms with Crippen molar-refractivity contribution in [2.24, 2.45) is 0 Å². The van der Waals surface area contributed by atoms with E-state index in [0.717, 1.165) is 36.6 Å². The summed E-state index contributed by atoms with van der Waals surface area (Å²) >= 11 is 0. The van der Waals surface area contributed by atoms with E-state index < -0.39 is 10.0 Å². The first kappa shape index (κ1) is 22.5. The van der Waals surface area contributed by atoms with Crippen LogP contribution in [0.5, 0.6) is 0 Å². The molecule has 1 amide bonds. The molecule has 1 aromatic carbocycles. The van der Waals surface area contributed by atoms with Crippen molar-refractivity contribution in [3.63, 3.8) is 0 Å². The number of carbonyl (C=O) groups is 1. The van der Waals surface area contributed by atoms with Gasteiger partial charge in [-0.15, -0.1) is 0 Å². The highest BCUT2D eigenvalue weighted by molar-refractivity contribution is 7.92. The number of hydrogen-bond donors (Lipinski definition) is 1. The van der Waals surface area contributed by atoms with Crippen molar-refractivity contribution in [2.45, 2.75) is 44.9 Å². The van der Waals surface area contributed by atoms with Crippen LogP contribution in [0.1, 0.15) is 54.5 Å². The minimum Gasteiger partial charge on any atom is -0.373 e. The fourth-order valence-electron chi connectivity index (χ4n) is 4.62. The van der Waals surface area contributed by atoms with E-state index in [4.69, 9.17) is 0 Å². The number of anilines is 2. The van der Waals surface area contributed by atoms with Crippen LogP contribution in [0.15, 0.2) is 30.3 Å². The zero-order valence-corrected chi connectivity index (χ0v) is 19.8. The van der Waals surface area contributed by atoms with Gasteiger partial charge in [-0.05, 0) is 50.8 Å². The first-order valence-electron chi connectivity index (χ1n) is 11.2. The van der Waals surface area contributed by atoms with E-state index in [1.807, 2.05) is 24.9 Å². The quantitative estimate of drug-likeness (QED) is 0.758. The Balaban J connectivity index is 1.58. The maximum atomic E-state index is 13.4. The number of hydrogen-bond acceptors (Lipinski definition) is 6. The maximum absolute atomic E-state index is 13.4. The Morgan fingerprint density at radius 1 is 1.12 bits per heavy atom. The first-order chi connectivity index (χ1) is 15.2. The van der Waals surface area contributed by atoms with Crippen LogP contribution in [0, 0.1) is 6.92 Å². The smallest absolute Gasteiger partial charge is 0.253 e. The molecular weight excluding hydrogens is 426 g/mol. The molecule has 2 aliphatic rings. The molecule has 2 fully saturated rings. The zero-order chi connectivity index (χ0) is 22.9. The number of aryl methyl sites for hydroxylation is 1. The van der Waals surface area contributed by atoms with Gasteiger partial charge in [0.25, 0.3) is 5.91 Å². The van der Waals surface area contributed by atoms with Crippen LogP contribution < -0.4 is 9.62 Å². The van der Waals surface area contributed by atoms with Crippen molar-refractivity contribution in [3.05, 3.63) is 47.4 Å². The molecular formula is C23H31N5O3S. The molecule has 9 heteroatoms. The lowest BCUT2D eigenvalue weighted by atomic mass is 9.80. The lowest BCUT2D eigenvalue weighted by molar-refractivity contribution is 0.0644. The third-order valence-corrected chi connectivity index (χ3v) is 8.23. The van der Waals surface area contributed by atoms with Crippen LogP contribution in [0.2, 0.25) is 0 Å². The molecule has 1 N–H and O–H groups in total. The fraction of sp³-hybridized carbons (Fsp3) is 0.522. The van der Waals surface area contributed by atoms with Crippen LogP contribution in [-0.2, 0) is 15.4 Å². The maximum Gasteiger partial charge on any atom is 0.253 e. The summed E-state index contributed by atoms with van der Waals surface area (Å²) in [6.45, 7) is 5.69. The second-order valence-electron chi connectivity index (χ2n) is 9.00. The van der Waals surface area contributed by atoms with Gasteiger partial charge in [0.05, 0.1) is 11.4 Å². The highest BCUT2D eigenvalue weighted by atomic mass is 32.2. The van der Waals surface area contributed by atoms with Crippen molar-refractivity contribution in [3.8, 4) is 0 Å². The van der Waals surface area contributed by atoms with Gasteiger partial charge in [0.2, 0.25) is 10.0 Å². The molecule has 0 unspecified atom stereocenters. The van der Waals surface area contributed by atoms with E-state index in [-0.39, 0.29) is 17.1 Å². The zero-order valence-electron chi connectivity index (χ0n) is 19.0. The molecule has 0 bridgehead atoms. The van der Waals surface area contributed by atoms with E-state index in [1.54, 1.807) is 24.3 Å². The Hall–Kier alpha value is -2.68. The first-order valence-corrected chi connectivity index (χ1v) is 12.8. The van der Waals surface area contributed by atoms with Gasteiger partial charge < -0.3 is 10.2 Å². The summed E-state index contributed by atoms with van der Waals surface area (Å²) in [5.41, 5.74) is 1.61. The normalized spacial score (nSPS) is 23.1. The summed E-state index contributed by atoms with van der Waals surface area (Å²) in [7, 11) is -1.49. The highest BCUT2D eigenvalue weighted by Gasteiger charge is 2.38. The summed E-state index contributed by atoms with van der Waals surface area (Å²) in [6.07, 6.45) is 3.26. The molecule has 0 saturated carbocycles. The van der Waals surface area contributed by atoms with Gasteiger partial charge in [-0.1, -0.05) is 13.0 Å². The van der Waals surface area contributed by atoms with Crippen LogP contribution in [0.4, 0.5) is 11.5 Å². The molecule has 2 aromatic rings. The lowest BCUT2D eigenvalue weighted by Gasteiger charge is -2.39. The van der Waals surface area contributed by atoms with Gasteiger partial charge in [-0.25, -0.2) is 18.4 Å². The lowest BCUT2D eigenvalue weighted by Crippen LogP contribution is -2.48. The van der Waals surface area contributed by atoms with E-state index in [2.05, 4.69) is 22.2 Å². The molecule has 32 heavy (non-hydrogen) atoms. The number of aromatic nitrogens is 2. The number of sulfonamides is 1. The monoisotopic (exact) mass is 457 g/mol. The Bertz CT molecular complexity index is 1120. The predicted octanol–water partition coefficient (Wildman–Crippen LogP) is 2.95. The molecule has 3 heterocycles. The largest absolute Gasteiger partial charge is 0.373 e. The summed E-state index contributed by atoms with van der Waals surface area (Å²) < 4.78 is 26.4. The third-order valence-electron chi connectivity index (χ3n) is 6.36. The number of carbonyl (C=O) groups excluding carboxylic acids is 1. The van der Waals surface area contributed by atoms with E-state index in [0.29, 0.717) is 37.3 Å². The number of amides is 1. The van der Waals surface area contributed by atoms with Gasteiger partial charge in [-0.2, -0.15) is 0 Å². The van der Waals surface area contributed by atoms with Crippen LogP contribution in [-0.4, -0.2) is 61.6 Å². The predicted molar refractivity (Wildman–Crippen MR) is 126 cm³/mol. The van der Waals surface area contributed by atoms with Gasteiger partial charge in [0.1, 0.15) is 11.6 Å². The van der Waals surface area contributed by atoms with Gasteiger partial charge in [0.15, 0.2) is 0 Å². The van der Waals surface area contributed by atoms with Gasteiger partial charge in [-0.3, -0.25) is 9.10 Å². The Morgan fingerprint density at radius 2 is 1.94 bits per heavy atom. The fourth-order valence-corrected chi connectivity index (χ4v) is 6.25. The average Bonchev–Trinajstić information content (AvgIpc) is 2.78. The number of nitrogens with one attached hydrogen (secondary N) is 1. The summed E-state index contributed by atoms with van der Waals surface area (Å²) in [4.78, 5) is 24.6.